The summed E-state index contributed by atoms with van der Waals surface area (Å²) in [4.78, 5) is 1.93. The number of halogens is 5. The highest BCUT2D eigenvalue weighted by atomic mass is 19.4. The van der Waals surface area contributed by atoms with E-state index < -0.39 is 19.3 Å². The van der Waals surface area contributed by atoms with Crippen LogP contribution in [0.4, 0.5) is 22.0 Å². The predicted molar refractivity (Wildman–Crippen MR) is 106 cm³/mol. The first-order valence-electron chi connectivity index (χ1n) is 9.80. The molecule has 0 bridgehead atoms. The summed E-state index contributed by atoms with van der Waals surface area (Å²) in [6.45, 7) is -2.27. The van der Waals surface area contributed by atoms with Crippen molar-refractivity contribution in [2.75, 3.05) is 20.6 Å². The van der Waals surface area contributed by atoms with Gasteiger partial charge in [0, 0.05) is 6.42 Å². The average Bonchev–Trinajstić information content (AvgIpc) is 2.65. The molecule has 0 aromatic heterocycles. The Hall–Kier alpha value is -2.39. The lowest BCUT2D eigenvalue weighted by molar-refractivity contribution is -0.274. The molecule has 0 saturated heterocycles. The maximum atomic E-state index is 12.8. The van der Waals surface area contributed by atoms with Crippen LogP contribution in [0, 0.1) is 0 Å². The number of benzene rings is 2. The van der Waals surface area contributed by atoms with Gasteiger partial charge in [-0.15, -0.1) is 13.2 Å². The summed E-state index contributed by atoms with van der Waals surface area (Å²) < 4.78 is 77.1. The van der Waals surface area contributed by atoms with Crippen molar-refractivity contribution in [3.8, 4) is 11.5 Å². The zero-order valence-corrected chi connectivity index (χ0v) is 17.4. The van der Waals surface area contributed by atoms with Gasteiger partial charge in [-0.2, -0.15) is 8.78 Å². The standard InChI is InChI=1S/C22H26F5NO3/c1-28(2)14-6-11-20(30-21(23)24)29-19-10-4-3-8-17(19)13-12-16-7-5-9-18(15-16)31-22(25,26)27/h3-5,7-10,15,20-21H,6,11-14H2,1-2H3. The van der Waals surface area contributed by atoms with Crippen molar-refractivity contribution in [3.05, 3.63) is 59.7 Å². The molecule has 2 rings (SSSR count). The van der Waals surface area contributed by atoms with Crippen LogP contribution >= 0.6 is 0 Å². The van der Waals surface area contributed by atoms with E-state index in [4.69, 9.17) is 4.74 Å². The smallest absolute Gasteiger partial charge is 0.464 e. The van der Waals surface area contributed by atoms with E-state index in [0.717, 1.165) is 5.56 Å². The Morgan fingerprint density at radius 1 is 0.968 bits per heavy atom. The van der Waals surface area contributed by atoms with Gasteiger partial charge in [0.2, 0.25) is 6.29 Å². The molecule has 0 saturated carbocycles. The van der Waals surface area contributed by atoms with Crippen LogP contribution in [0.5, 0.6) is 11.5 Å². The molecule has 2 aromatic carbocycles. The van der Waals surface area contributed by atoms with Crippen molar-refractivity contribution in [2.45, 2.75) is 44.9 Å². The lowest BCUT2D eigenvalue weighted by Gasteiger charge is -2.21. The van der Waals surface area contributed by atoms with Crippen LogP contribution < -0.4 is 9.47 Å². The molecular weight excluding hydrogens is 421 g/mol. The normalized spacial score (nSPS) is 12.9. The second kappa shape index (κ2) is 11.9. The molecule has 0 N–H and O–H groups in total. The van der Waals surface area contributed by atoms with E-state index in [1.807, 2.05) is 19.0 Å². The fourth-order valence-electron chi connectivity index (χ4n) is 2.99. The maximum Gasteiger partial charge on any atom is 0.573 e. The Morgan fingerprint density at radius 3 is 2.39 bits per heavy atom. The Bertz CT molecular complexity index is 799. The monoisotopic (exact) mass is 447 g/mol. The molecule has 0 radical (unpaired) electrons. The van der Waals surface area contributed by atoms with Crippen LogP contribution in [0.25, 0.3) is 0 Å². The summed E-state index contributed by atoms with van der Waals surface area (Å²) in [5.41, 5.74) is 1.38. The van der Waals surface area contributed by atoms with Gasteiger partial charge >= 0.3 is 13.0 Å². The van der Waals surface area contributed by atoms with Crippen LogP contribution in [-0.4, -0.2) is 44.8 Å². The van der Waals surface area contributed by atoms with Gasteiger partial charge in [-0.1, -0.05) is 30.3 Å². The number of hydrogen-bond acceptors (Lipinski definition) is 4. The lowest BCUT2D eigenvalue weighted by atomic mass is 10.0. The molecule has 1 unspecified atom stereocenters. The van der Waals surface area contributed by atoms with Crippen molar-refractivity contribution < 1.29 is 36.2 Å². The van der Waals surface area contributed by atoms with Gasteiger partial charge in [-0.05, 0) is 69.2 Å². The third-order valence-electron chi connectivity index (χ3n) is 4.35. The number of ether oxygens (including phenoxy) is 3. The predicted octanol–water partition coefficient (Wildman–Crippen LogP) is 5.66. The van der Waals surface area contributed by atoms with Crippen LogP contribution in [-0.2, 0) is 17.6 Å². The highest BCUT2D eigenvalue weighted by Gasteiger charge is 2.31. The first kappa shape index (κ1) is 24.9. The first-order valence-corrected chi connectivity index (χ1v) is 9.80. The summed E-state index contributed by atoms with van der Waals surface area (Å²) in [5.74, 6) is 0.113. The van der Waals surface area contributed by atoms with Gasteiger partial charge in [-0.25, -0.2) is 0 Å². The molecule has 1 atom stereocenters. The van der Waals surface area contributed by atoms with Gasteiger partial charge in [0.05, 0.1) is 0 Å². The zero-order chi connectivity index (χ0) is 22.9. The first-order chi connectivity index (χ1) is 14.6. The maximum absolute atomic E-state index is 12.8. The molecule has 0 aliphatic heterocycles. The summed E-state index contributed by atoms with van der Waals surface area (Å²) in [6.07, 6.45) is -4.12. The van der Waals surface area contributed by atoms with Crippen molar-refractivity contribution in [1.29, 1.82) is 0 Å². The van der Waals surface area contributed by atoms with Crippen LogP contribution in [0.15, 0.2) is 48.5 Å². The van der Waals surface area contributed by atoms with E-state index in [1.165, 1.54) is 18.2 Å². The molecule has 31 heavy (non-hydrogen) atoms. The van der Waals surface area contributed by atoms with Gasteiger partial charge in [0.15, 0.2) is 0 Å². The highest BCUT2D eigenvalue weighted by molar-refractivity contribution is 5.35. The second-order valence-corrected chi connectivity index (χ2v) is 7.19. The number of hydrogen-bond donors (Lipinski definition) is 0. The molecule has 172 valence electrons. The third-order valence-corrected chi connectivity index (χ3v) is 4.35. The zero-order valence-electron chi connectivity index (χ0n) is 17.4. The van der Waals surface area contributed by atoms with E-state index in [-0.39, 0.29) is 12.2 Å². The van der Waals surface area contributed by atoms with E-state index in [2.05, 4.69) is 9.47 Å². The van der Waals surface area contributed by atoms with E-state index in [0.29, 0.717) is 37.1 Å². The van der Waals surface area contributed by atoms with E-state index >= 15 is 0 Å². The molecule has 0 aliphatic carbocycles. The molecular formula is C22H26F5NO3. The topological polar surface area (TPSA) is 30.9 Å². The Balaban J connectivity index is 2.04. The third kappa shape index (κ3) is 9.97. The number of rotatable bonds is 12. The van der Waals surface area contributed by atoms with E-state index in [9.17, 15) is 22.0 Å². The highest BCUT2D eigenvalue weighted by Crippen LogP contribution is 2.26. The average molecular weight is 447 g/mol. The number of para-hydroxylation sites is 1. The Labute approximate surface area is 178 Å². The van der Waals surface area contributed by atoms with Crippen molar-refractivity contribution in [1.82, 2.24) is 4.90 Å². The fourth-order valence-corrected chi connectivity index (χ4v) is 2.99. The lowest BCUT2D eigenvalue weighted by Crippen LogP contribution is -2.25. The molecule has 2 aromatic rings. The van der Waals surface area contributed by atoms with Crippen LogP contribution in [0.2, 0.25) is 0 Å². The van der Waals surface area contributed by atoms with Crippen LogP contribution in [0.3, 0.4) is 0 Å². The minimum atomic E-state index is -4.76. The van der Waals surface area contributed by atoms with Gasteiger partial charge in [0.1, 0.15) is 11.5 Å². The molecule has 0 amide bonds. The Morgan fingerprint density at radius 2 is 1.71 bits per heavy atom. The number of nitrogens with zero attached hydrogens (tertiary/aromatic N) is 1. The fraction of sp³-hybridized carbons (Fsp3) is 0.455. The summed E-state index contributed by atoms with van der Waals surface area (Å²) in [7, 11) is 3.77. The van der Waals surface area contributed by atoms with Gasteiger partial charge in [0.25, 0.3) is 0 Å². The van der Waals surface area contributed by atoms with Crippen molar-refractivity contribution in [2.24, 2.45) is 0 Å². The summed E-state index contributed by atoms with van der Waals surface area (Å²) in [5, 5.41) is 0. The molecule has 0 fully saturated rings. The summed E-state index contributed by atoms with van der Waals surface area (Å²) >= 11 is 0. The van der Waals surface area contributed by atoms with E-state index in [1.54, 1.807) is 30.3 Å². The molecule has 9 heteroatoms. The van der Waals surface area contributed by atoms with Crippen LogP contribution in [0.1, 0.15) is 24.0 Å². The number of aryl methyl sites for hydroxylation is 2. The minimum absolute atomic E-state index is 0.285. The second-order valence-electron chi connectivity index (χ2n) is 7.19. The quantitative estimate of drug-likeness (QED) is 0.311. The van der Waals surface area contributed by atoms with Crippen molar-refractivity contribution in [3.63, 3.8) is 0 Å². The Kier molecular flexibility index (Phi) is 9.51. The minimum Gasteiger partial charge on any atom is -0.464 e. The van der Waals surface area contributed by atoms with Crippen molar-refractivity contribution >= 4 is 0 Å². The number of alkyl halides is 5. The summed E-state index contributed by atoms with van der Waals surface area (Å²) in [6, 6.07) is 12.7. The molecule has 0 heterocycles. The molecule has 4 nitrogen and oxygen atoms in total. The molecule has 0 spiro atoms. The van der Waals surface area contributed by atoms with Gasteiger partial charge in [-0.3, -0.25) is 4.74 Å². The molecule has 0 aliphatic rings. The van der Waals surface area contributed by atoms with Gasteiger partial charge < -0.3 is 14.4 Å². The SMILES string of the molecule is CN(C)CCCC(Oc1ccccc1CCc1cccc(OC(F)(F)F)c1)OC(F)F. The largest absolute Gasteiger partial charge is 0.573 e.